The van der Waals surface area contributed by atoms with Crippen molar-refractivity contribution in [2.75, 3.05) is 5.32 Å². The normalized spacial score (nSPS) is 21.9. The molecule has 5 rings (SSSR count). The van der Waals surface area contributed by atoms with Gasteiger partial charge in [-0.05, 0) is 47.7 Å². The average Bonchev–Trinajstić information content (AvgIpc) is 3.24. The number of hydrogen-bond donors (Lipinski definition) is 1. The summed E-state index contributed by atoms with van der Waals surface area (Å²) < 4.78 is 1.06. The van der Waals surface area contributed by atoms with Crippen molar-refractivity contribution in [2.24, 2.45) is 5.92 Å². The summed E-state index contributed by atoms with van der Waals surface area (Å²) >= 11 is 9.99. The Morgan fingerprint density at radius 2 is 1.79 bits per heavy atom. The van der Waals surface area contributed by atoms with Crippen LogP contribution >= 0.6 is 27.5 Å². The molecule has 2 nitrogen and oxygen atoms in total. The van der Waals surface area contributed by atoms with E-state index in [4.69, 9.17) is 11.6 Å². The van der Waals surface area contributed by atoms with Gasteiger partial charge in [-0.25, -0.2) is 0 Å². The molecule has 0 bridgehead atoms. The molecule has 1 heterocycles. The summed E-state index contributed by atoms with van der Waals surface area (Å²) in [5, 5.41) is 4.32. The second-order valence-electron chi connectivity index (χ2n) is 7.64. The van der Waals surface area contributed by atoms with Crippen LogP contribution in [0.1, 0.15) is 45.4 Å². The first-order valence-corrected chi connectivity index (χ1v) is 10.9. The van der Waals surface area contributed by atoms with Crippen LogP contribution < -0.4 is 5.32 Å². The minimum absolute atomic E-state index is 0.00756. The van der Waals surface area contributed by atoms with Crippen LogP contribution in [0.5, 0.6) is 0 Å². The van der Waals surface area contributed by atoms with Crippen molar-refractivity contribution < 1.29 is 4.79 Å². The maximum absolute atomic E-state index is 13.3. The van der Waals surface area contributed by atoms with Gasteiger partial charge in [0.05, 0.1) is 6.04 Å². The molecule has 3 unspecified atom stereocenters. The first-order chi connectivity index (χ1) is 14.1. The SMILES string of the molecule is O=C(c1ccccc1)c1cc(Cl)cc2c1NC(c1ccc(Br)cc1)C1CC=CC21. The van der Waals surface area contributed by atoms with E-state index in [2.05, 4.69) is 57.7 Å². The molecular weight excluding hydrogens is 446 g/mol. The lowest BCUT2D eigenvalue weighted by atomic mass is 9.76. The molecule has 3 aromatic carbocycles. The van der Waals surface area contributed by atoms with Gasteiger partial charge in [-0.2, -0.15) is 0 Å². The first-order valence-electron chi connectivity index (χ1n) is 9.73. The van der Waals surface area contributed by atoms with Crippen molar-refractivity contribution in [3.05, 3.63) is 111 Å². The molecule has 0 radical (unpaired) electrons. The maximum Gasteiger partial charge on any atom is 0.195 e. The zero-order valence-electron chi connectivity index (χ0n) is 15.6. The molecule has 3 atom stereocenters. The van der Waals surface area contributed by atoms with Crippen molar-refractivity contribution in [1.29, 1.82) is 0 Å². The number of allylic oxidation sites excluding steroid dienone is 2. The molecule has 0 saturated carbocycles. The topological polar surface area (TPSA) is 29.1 Å². The van der Waals surface area contributed by atoms with Gasteiger partial charge < -0.3 is 5.32 Å². The van der Waals surface area contributed by atoms with Crippen molar-refractivity contribution >= 4 is 39.0 Å². The van der Waals surface area contributed by atoms with Gasteiger partial charge in [0.25, 0.3) is 0 Å². The fourth-order valence-electron chi connectivity index (χ4n) is 4.59. The highest BCUT2D eigenvalue weighted by atomic mass is 79.9. The number of carbonyl (C=O) groups is 1. The maximum atomic E-state index is 13.3. The predicted molar refractivity (Wildman–Crippen MR) is 122 cm³/mol. The van der Waals surface area contributed by atoms with Crippen LogP contribution in [0, 0.1) is 5.92 Å². The zero-order valence-corrected chi connectivity index (χ0v) is 18.0. The van der Waals surface area contributed by atoms with Crippen molar-refractivity contribution in [1.82, 2.24) is 0 Å². The number of fused-ring (bicyclic) bond motifs is 3. The molecule has 0 spiro atoms. The molecule has 0 amide bonds. The molecule has 4 heteroatoms. The fourth-order valence-corrected chi connectivity index (χ4v) is 5.08. The van der Waals surface area contributed by atoms with Gasteiger partial charge in [0, 0.05) is 32.2 Å². The number of benzene rings is 3. The Labute approximate surface area is 183 Å². The molecule has 0 fully saturated rings. The molecule has 1 aliphatic heterocycles. The van der Waals surface area contributed by atoms with E-state index in [9.17, 15) is 4.79 Å². The molecule has 0 aromatic heterocycles. The van der Waals surface area contributed by atoms with Crippen LogP contribution in [0.4, 0.5) is 5.69 Å². The van der Waals surface area contributed by atoms with E-state index in [0.717, 1.165) is 22.1 Å². The van der Waals surface area contributed by atoms with E-state index < -0.39 is 0 Å². The third-order valence-corrected chi connectivity index (χ3v) is 6.69. The molecule has 2 aliphatic rings. The molecule has 29 heavy (non-hydrogen) atoms. The predicted octanol–water partition coefficient (Wildman–Crippen LogP) is 7.16. The Morgan fingerprint density at radius 1 is 1.03 bits per heavy atom. The Bertz CT molecular complexity index is 1110. The van der Waals surface area contributed by atoms with E-state index in [-0.39, 0.29) is 17.7 Å². The summed E-state index contributed by atoms with van der Waals surface area (Å²) in [7, 11) is 0. The van der Waals surface area contributed by atoms with Crippen molar-refractivity contribution in [2.45, 2.75) is 18.4 Å². The summed E-state index contributed by atoms with van der Waals surface area (Å²) in [6, 6.07) is 21.8. The quantitative estimate of drug-likeness (QED) is 0.329. The molecule has 1 N–H and O–H groups in total. The molecule has 3 aromatic rings. The van der Waals surface area contributed by atoms with Gasteiger partial charge in [-0.1, -0.05) is 82.1 Å². The summed E-state index contributed by atoms with van der Waals surface area (Å²) in [6.45, 7) is 0. The highest BCUT2D eigenvalue weighted by Crippen LogP contribution is 2.51. The standard InChI is InChI=1S/C25H19BrClNO/c26-17-11-9-15(10-12-17)23-20-8-4-7-19(20)21-13-18(27)14-22(24(21)28-23)25(29)16-5-2-1-3-6-16/h1-7,9-14,19-20,23,28H,8H2. The van der Waals surface area contributed by atoms with Crippen LogP contribution in [0.3, 0.4) is 0 Å². The van der Waals surface area contributed by atoms with Crippen LogP contribution in [0.2, 0.25) is 5.02 Å². The summed E-state index contributed by atoms with van der Waals surface area (Å²) in [5.41, 5.74) is 4.56. The van der Waals surface area contributed by atoms with Crippen LogP contribution in [0.15, 0.2) is 83.4 Å². The van der Waals surface area contributed by atoms with Gasteiger partial charge >= 0.3 is 0 Å². The third kappa shape index (κ3) is 3.33. The zero-order chi connectivity index (χ0) is 20.0. The lowest BCUT2D eigenvalue weighted by Crippen LogP contribution is -2.30. The minimum Gasteiger partial charge on any atom is -0.377 e. The van der Waals surface area contributed by atoms with Gasteiger partial charge in [0.15, 0.2) is 5.78 Å². The van der Waals surface area contributed by atoms with Crippen LogP contribution in [-0.4, -0.2) is 5.78 Å². The monoisotopic (exact) mass is 463 g/mol. The van der Waals surface area contributed by atoms with E-state index in [0.29, 0.717) is 22.1 Å². The lowest BCUT2D eigenvalue weighted by Gasteiger charge is -2.38. The molecule has 144 valence electrons. The average molecular weight is 465 g/mol. The second kappa shape index (κ2) is 7.47. The number of halogens is 2. The van der Waals surface area contributed by atoms with Gasteiger partial charge in [0.1, 0.15) is 0 Å². The third-order valence-electron chi connectivity index (χ3n) is 5.94. The summed E-state index contributed by atoms with van der Waals surface area (Å²) in [6.07, 6.45) is 5.52. The fraction of sp³-hybridized carbons (Fsp3) is 0.160. The Balaban J connectivity index is 1.64. The molecular formula is C25H19BrClNO. The van der Waals surface area contributed by atoms with Crippen molar-refractivity contribution in [3.8, 4) is 0 Å². The van der Waals surface area contributed by atoms with E-state index >= 15 is 0 Å². The molecule has 0 saturated heterocycles. The Hall–Kier alpha value is -2.36. The molecule has 1 aliphatic carbocycles. The lowest BCUT2D eigenvalue weighted by molar-refractivity contribution is 0.103. The first kappa shape index (κ1) is 18.7. The second-order valence-corrected chi connectivity index (χ2v) is 8.99. The highest BCUT2D eigenvalue weighted by molar-refractivity contribution is 9.10. The number of rotatable bonds is 3. The largest absolute Gasteiger partial charge is 0.377 e. The van der Waals surface area contributed by atoms with Crippen molar-refractivity contribution in [3.63, 3.8) is 0 Å². The number of anilines is 1. The van der Waals surface area contributed by atoms with E-state index in [1.165, 1.54) is 5.56 Å². The number of nitrogens with one attached hydrogen (secondary N) is 1. The van der Waals surface area contributed by atoms with E-state index in [1.54, 1.807) is 6.07 Å². The van der Waals surface area contributed by atoms with Gasteiger partial charge in [-0.15, -0.1) is 0 Å². The Morgan fingerprint density at radius 3 is 2.55 bits per heavy atom. The van der Waals surface area contributed by atoms with Gasteiger partial charge in [-0.3, -0.25) is 4.79 Å². The number of hydrogen-bond acceptors (Lipinski definition) is 2. The summed E-state index contributed by atoms with van der Waals surface area (Å²) in [4.78, 5) is 13.3. The van der Waals surface area contributed by atoms with Crippen LogP contribution in [-0.2, 0) is 0 Å². The number of carbonyl (C=O) groups excluding carboxylic acids is 1. The Kier molecular flexibility index (Phi) is 4.81. The highest BCUT2D eigenvalue weighted by Gasteiger charge is 2.39. The van der Waals surface area contributed by atoms with Crippen LogP contribution in [0.25, 0.3) is 0 Å². The summed E-state index contributed by atoms with van der Waals surface area (Å²) in [5.74, 6) is 0.648. The van der Waals surface area contributed by atoms with E-state index in [1.807, 2.05) is 36.4 Å². The number of ketones is 1. The smallest absolute Gasteiger partial charge is 0.195 e. The van der Waals surface area contributed by atoms with Gasteiger partial charge in [0.2, 0.25) is 0 Å². The minimum atomic E-state index is -0.00756.